The van der Waals surface area contributed by atoms with E-state index in [9.17, 15) is 23.6 Å². The average Bonchev–Trinajstić information content (AvgIpc) is 3.71. The summed E-state index contributed by atoms with van der Waals surface area (Å²) in [6.45, 7) is 16.5. The molecule has 0 radical (unpaired) electrons. The first-order chi connectivity index (χ1) is 24.9. The summed E-state index contributed by atoms with van der Waals surface area (Å²) in [5.41, 5.74) is 1.55. The van der Waals surface area contributed by atoms with Crippen LogP contribution < -0.4 is 4.90 Å². The Labute approximate surface area is 324 Å². The van der Waals surface area contributed by atoms with Gasteiger partial charge in [0.1, 0.15) is 17.0 Å². The Kier molecular flexibility index (Phi) is 14.3. The van der Waals surface area contributed by atoms with E-state index in [4.69, 9.17) is 32.7 Å². The summed E-state index contributed by atoms with van der Waals surface area (Å²) in [6, 6.07) is 9.31. The first kappa shape index (κ1) is 42.4. The van der Waals surface area contributed by atoms with Gasteiger partial charge < -0.3 is 24.2 Å². The number of likely N-dealkylation sites (tertiary alicyclic amines) is 2. The lowest BCUT2D eigenvalue weighted by Crippen LogP contribution is -2.46. The number of piperidine rings is 2. The minimum atomic E-state index is -0.581. The summed E-state index contributed by atoms with van der Waals surface area (Å²) < 4.78 is 23.4. The third-order valence-electron chi connectivity index (χ3n) is 10.6. The van der Waals surface area contributed by atoms with Gasteiger partial charge in [-0.1, -0.05) is 36.0 Å². The number of aldehydes is 2. The molecule has 4 fully saturated rings. The summed E-state index contributed by atoms with van der Waals surface area (Å²) in [4.78, 5) is 51.6. The van der Waals surface area contributed by atoms with Crippen LogP contribution in [0.15, 0.2) is 36.4 Å². The molecule has 0 atom stereocenters. The summed E-state index contributed by atoms with van der Waals surface area (Å²) in [7, 11) is 0. The molecule has 0 bridgehead atoms. The van der Waals surface area contributed by atoms with Crippen LogP contribution >= 0.6 is 23.2 Å². The van der Waals surface area contributed by atoms with Crippen molar-refractivity contribution in [1.82, 2.24) is 9.80 Å². The number of benzene rings is 2. The van der Waals surface area contributed by atoms with Crippen molar-refractivity contribution in [2.75, 3.05) is 44.2 Å². The van der Waals surface area contributed by atoms with E-state index < -0.39 is 11.4 Å². The highest BCUT2D eigenvalue weighted by molar-refractivity contribution is 6.31. The van der Waals surface area contributed by atoms with Gasteiger partial charge in [0.2, 0.25) is 0 Å². The van der Waals surface area contributed by atoms with E-state index in [1.54, 1.807) is 12.1 Å². The molecule has 2 aromatic rings. The quantitative estimate of drug-likeness (QED) is 0.286. The Morgan fingerprint density at radius 2 is 1.09 bits per heavy atom. The SMILES string of the molecule is CC(C)(C)OC(=O)N1CCC2(CC1)CCN(c1cc(Cl)ccc1C=O)C2.CC(C)(C)OC(=O)N1CCC2(CCCC2)CC1.O=Cc1ccc(Cl)cc1F. The van der Waals surface area contributed by atoms with Gasteiger partial charge in [-0.15, -0.1) is 0 Å². The second-order valence-corrected chi connectivity index (χ2v) is 17.8. The minimum Gasteiger partial charge on any atom is -0.444 e. The monoisotopic (exact) mass is 775 g/mol. The molecule has 4 aliphatic rings. The molecular weight excluding hydrogens is 720 g/mol. The second-order valence-electron chi connectivity index (χ2n) is 16.9. The van der Waals surface area contributed by atoms with E-state index >= 15 is 0 Å². The van der Waals surface area contributed by atoms with Crippen molar-refractivity contribution in [3.63, 3.8) is 0 Å². The summed E-state index contributed by atoms with van der Waals surface area (Å²) in [5, 5.41) is 0.939. The van der Waals surface area contributed by atoms with Crippen LogP contribution in [-0.4, -0.2) is 85.0 Å². The van der Waals surface area contributed by atoms with Gasteiger partial charge in [-0.25, -0.2) is 14.0 Å². The molecule has 0 unspecified atom stereocenters. The Balaban J connectivity index is 0.000000198. The maximum atomic E-state index is 12.5. The molecule has 3 aliphatic heterocycles. The highest BCUT2D eigenvalue weighted by atomic mass is 35.5. The van der Waals surface area contributed by atoms with Gasteiger partial charge in [-0.05, 0) is 134 Å². The molecule has 6 rings (SSSR count). The number of carbonyl (C=O) groups is 4. The number of ether oxygens (including phenoxy) is 2. The maximum absolute atomic E-state index is 12.5. The van der Waals surface area contributed by atoms with Gasteiger partial charge in [0.05, 0.1) is 5.56 Å². The predicted molar refractivity (Wildman–Crippen MR) is 208 cm³/mol. The zero-order valence-corrected chi connectivity index (χ0v) is 33.7. The smallest absolute Gasteiger partial charge is 0.410 e. The number of anilines is 1. The van der Waals surface area contributed by atoms with E-state index in [0.717, 1.165) is 76.6 Å². The molecule has 53 heavy (non-hydrogen) atoms. The number of nitrogens with zero attached hydrogens (tertiary/aromatic N) is 3. The normalized spacial score (nSPS) is 19.2. The first-order valence-corrected chi connectivity index (χ1v) is 19.5. The molecule has 0 aromatic heterocycles. The fourth-order valence-corrected chi connectivity index (χ4v) is 7.97. The van der Waals surface area contributed by atoms with Crippen LogP contribution in [0.5, 0.6) is 0 Å². The van der Waals surface area contributed by atoms with Crippen molar-refractivity contribution in [3.05, 3.63) is 63.4 Å². The van der Waals surface area contributed by atoms with Crippen molar-refractivity contribution in [2.24, 2.45) is 10.8 Å². The van der Waals surface area contributed by atoms with Gasteiger partial charge in [0, 0.05) is 60.6 Å². The van der Waals surface area contributed by atoms with Gasteiger partial charge in [-0.2, -0.15) is 0 Å². The Morgan fingerprint density at radius 3 is 1.55 bits per heavy atom. The number of hydrogen-bond donors (Lipinski definition) is 0. The molecule has 9 nitrogen and oxygen atoms in total. The molecule has 292 valence electrons. The fraction of sp³-hybridized carbons (Fsp3) is 0.610. The van der Waals surface area contributed by atoms with Crippen molar-refractivity contribution < 1.29 is 33.0 Å². The molecule has 2 amide bonds. The number of amides is 2. The van der Waals surface area contributed by atoms with Crippen molar-refractivity contribution in [1.29, 1.82) is 0 Å². The molecule has 0 N–H and O–H groups in total. The molecule has 1 aliphatic carbocycles. The lowest BCUT2D eigenvalue weighted by molar-refractivity contribution is 0.0101. The predicted octanol–water partition coefficient (Wildman–Crippen LogP) is 10.2. The summed E-state index contributed by atoms with van der Waals surface area (Å²) in [6.07, 6.45) is 11.8. The van der Waals surface area contributed by atoms with Gasteiger partial charge in [-0.3, -0.25) is 9.59 Å². The molecule has 2 aromatic carbocycles. The zero-order valence-electron chi connectivity index (χ0n) is 32.2. The van der Waals surface area contributed by atoms with Crippen molar-refractivity contribution >= 4 is 53.6 Å². The van der Waals surface area contributed by atoms with Crippen LogP contribution in [0.2, 0.25) is 10.0 Å². The number of hydrogen-bond acceptors (Lipinski definition) is 7. The first-order valence-electron chi connectivity index (χ1n) is 18.7. The third-order valence-corrected chi connectivity index (χ3v) is 11.1. The third kappa shape index (κ3) is 12.3. The molecule has 1 saturated carbocycles. The highest BCUT2D eigenvalue weighted by Gasteiger charge is 2.43. The number of rotatable bonds is 3. The molecule has 3 heterocycles. The largest absolute Gasteiger partial charge is 0.444 e. The second kappa shape index (κ2) is 17.8. The van der Waals surface area contributed by atoms with E-state index in [0.29, 0.717) is 27.3 Å². The van der Waals surface area contributed by atoms with E-state index in [1.807, 2.05) is 57.4 Å². The Morgan fingerprint density at radius 1 is 0.660 bits per heavy atom. The molecule has 12 heteroatoms. The zero-order chi connectivity index (χ0) is 39.0. The van der Waals surface area contributed by atoms with Gasteiger partial charge >= 0.3 is 12.2 Å². The highest BCUT2D eigenvalue weighted by Crippen LogP contribution is 2.46. The Bertz CT molecular complexity index is 1580. The Hall–Kier alpha value is -3.37. The molecule has 2 spiro atoms. The number of carbonyl (C=O) groups excluding carboxylic acids is 4. The van der Waals surface area contributed by atoms with Crippen LogP contribution in [0.4, 0.5) is 19.7 Å². The van der Waals surface area contributed by atoms with Crippen molar-refractivity contribution in [2.45, 2.75) is 111 Å². The van der Waals surface area contributed by atoms with Gasteiger partial charge in [0.25, 0.3) is 0 Å². The van der Waals surface area contributed by atoms with Crippen LogP contribution in [0, 0.1) is 16.6 Å². The maximum Gasteiger partial charge on any atom is 0.410 e. The topological polar surface area (TPSA) is 96.5 Å². The van der Waals surface area contributed by atoms with Gasteiger partial charge in [0.15, 0.2) is 12.6 Å². The average molecular weight is 777 g/mol. The lowest BCUT2D eigenvalue weighted by atomic mass is 9.77. The van der Waals surface area contributed by atoms with Crippen LogP contribution in [0.3, 0.4) is 0 Å². The van der Waals surface area contributed by atoms with E-state index in [2.05, 4.69) is 4.90 Å². The summed E-state index contributed by atoms with van der Waals surface area (Å²) in [5.74, 6) is -0.581. The van der Waals surface area contributed by atoms with Crippen LogP contribution in [-0.2, 0) is 9.47 Å². The molecule has 3 saturated heterocycles. The van der Waals surface area contributed by atoms with Crippen molar-refractivity contribution in [3.8, 4) is 0 Å². The minimum absolute atomic E-state index is 0.0319. The summed E-state index contributed by atoms with van der Waals surface area (Å²) >= 11 is 11.6. The van der Waals surface area contributed by atoms with Crippen LogP contribution in [0.25, 0.3) is 0 Å². The van der Waals surface area contributed by atoms with E-state index in [-0.39, 0.29) is 28.8 Å². The van der Waals surface area contributed by atoms with E-state index in [1.165, 1.54) is 50.7 Å². The van der Waals surface area contributed by atoms with Crippen LogP contribution in [0.1, 0.15) is 120 Å². The lowest BCUT2D eigenvalue weighted by Gasteiger charge is -2.39. The fourth-order valence-electron chi connectivity index (χ4n) is 7.64. The molecular formula is C41H56Cl2FN3O6. The number of halogens is 3. The standard InChI is InChI=1S/C20H27ClN2O3.C14H25NO2.C7H4ClFO/c1-19(2,3)26-18(25)22-9-6-20(7-10-22)8-11-23(14-20)17-12-16(21)5-4-15(17)13-24;1-13(2,3)17-12(16)15-10-8-14(9-11-15)6-4-5-7-14;8-6-2-1-5(4-10)7(9)3-6/h4-5,12-13H,6-11,14H2,1-3H3;4-11H2,1-3H3;1-4H.